The SMILES string of the molecule is CCOc1cncc(I)n1. The molecular weight excluding hydrogens is 243 g/mol. The number of hydrogen-bond donors (Lipinski definition) is 0. The lowest BCUT2D eigenvalue weighted by Crippen LogP contribution is -1.95. The Hall–Kier alpha value is -0.390. The van der Waals surface area contributed by atoms with Crippen LogP contribution in [0.3, 0.4) is 0 Å². The first-order valence-electron chi connectivity index (χ1n) is 2.93. The van der Waals surface area contributed by atoms with Gasteiger partial charge in [0.25, 0.3) is 0 Å². The second-order valence-corrected chi connectivity index (χ2v) is 2.72. The predicted octanol–water partition coefficient (Wildman–Crippen LogP) is 1.48. The number of nitrogens with zero attached hydrogens (tertiary/aromatic N) is 2. The van der Waals surface area contributed by atoms with Gasteiger partial charge >= 0.3 is 0 Å². The smallest absolute Gasteiger partial charge is 0.233 e. The van der Waals surface area contributed by atoms with Crippen LogP contribution in [0.5, 0.6) is 5.88 Å². The number of ether oxygens (including phenoxy) is 1. The highest BCUT2D eigenvalue weighted by atomic mass is 127. The highest BCUT2D eigenvalue weighted by Crippen LogP contribution is 2.05. The Morgan fingerprint density at radius 2 is 2.40 bits per heavy atom. The third-order valence-corrected chi connectivity index (χ3v) is 1.40. The molecule has 0 saturated heterocycles. The number of hydrogen-bond acceptors (Lipinski definition) is 3. The summed E-state index contributed by atoms with van der Waals surface area (Å²) >= 11 is 2.09. The first kappa shape index (κ1) is 7.71. The van der Waals surface area contributed by atoms with E-state index in [0.717, 1.165) is 3.70 Å². The fraction of sp³-hybridized carbons (Fsp3) is 0.333. The summed E-state index contributed by atoms with van der Waals surface area (Å²) in [4.78, 5) is 7.97. The molecule has 4 heteroatoms. The van der Waals surface area contributed by atoms with Gasteiger partial charge in [-0.2, -0.15) is 0 Å². The van der Waals surface area contributed by atoms with E-state index in [4.69, 9.17) is 4.74 Å². The van der Waals surface area contributed by atoms with Crippen molar-refractivity contribution >= 4 is 22.6 Å². The number of rotatable bonds is 2. The van der Waals surface area contributed by atoms with Gasteiger partial charge in [0.05, 0.1) is 19.0 Å². The molecule has 0 aliphatic rings. The first-order chi connectivity index (χ1) is 4.83. The molecule has 0 aliphatic carbocycles. The van der Waals surface area contributed by atoms with Crippen LogP contribution in [-0.2, 0) is 0 Å². The molecule has 0 saturated carbocycles. The van der Waals surface area contributed by atoms with E-state index in [9.17, 15) is 0 Å². The molecule has 1 aromatic heterocycles. The van der Waals surface area contributed by atoms with Gasteiger partial charge < -0.3 is 4.74 Å². The van der Waals surface area contributed by atoms with Crippen molar-refractivity contribution < 1.29 is 4.74 Å². The van der Waals surface area contributed by atoms with E-state index >= 15 is 0 Å². The molecule has 0 radical (unpaired) electrons. The van der Waals surface area contributed by atoms with E-state index in [1.54, 1.807) is 12.4 Å². The average molecular weight is 250 g/mol. The Labute approximate surface area is 73.0 Å². The molecular formula is C6H7IN2O. The van der Waals surface area contributed by atoms with Crippen molar-refractivity contribution in [2.24, 2.45) is 0 Å². The molecule has 0 atom stereocenters. The molecule has 1 aromatic rings. The zero-order valence-corrected chi connectivity index (χ0v) is 7.70. The molecule has 0 bridgehead atoms. The molecule has 3 nitrogen and oxygen atoms in total. The topological polar surface area (TPSA) is 35.0 Å². The first-order valence-corrected chi connectivity index (χ1v) is 4.01. The molecule has 0 aromatic carbocycles. The summed E-state index contributed by atoms with van der Waals surface area (Å²) < 4.78 is 5.96. The minimum atomic E-state index is 0.592. The van der Waals surface area contributed by atoms with Crippen LogP contribution in [-0.4, -0.2) is 16.6 Å². The zero-order valence-electron chi connectivity index (χ0n) is 5.54. The fourth-order valence-electron chi connectivity index (χ4n) is 0.543. The summed E-state index contributed by atoms with van der Waals surface area (Å²) in [6.07, 6.45) is 3.29. The number of aromatic nitrogens is 2. The molecule has 0 N–H and O–H groups in total. The molecule has 1 rings (SSSR count). The van der Waals surface area contributed by atoms with Crippen LogP contribution < -0.4 is 4.74 Å². The van der Waals surface area contributed by atoms with Crippen molar-refractivity contribution in [3.8, 4) is 5.88 Å². The van der Waals surface area contributed by atoms with E-state index in [-0.39, 0.29) is 0 Å². The van der Waals surface area contributed by atoms with Crippen LogP contribution in [0, 0.1) is 3.70 Å². The number of halogens is 1. The molecule has 0 amide bonds. The highest BCUT2D eigenvalue weighted by Gasteiger charge is 1.93. The van der Waals surface area contributed by atoms with Crippen LogP contribution in [0.4, 0.5) is 0 Å². The van der Waals surface area contributed by atoms with Crippen LogP contribution in [0.2, 0.25) is 0 Å². The maximum absolute atomic E-state index is 5.11. The normalized spacial score (nSPS) is 9.40. The van der Waals surface area contributed by atoms with Gasteiger partial charge in [-0.05, 0) is 29.5 Å². The third-order valence-electron chi connectivity index (χ3n) is 0.875. The summed E-state index contributed by atoms with van der Waals surface area (Å²) in [5, 5.41) is 0. The second kappa shape index (κ2) is 3.70. The van der Waals surface area contributed by atoms with E-state index < -0.39 is 0 Å². The molecule has 10 heavy (non-hydrogen) atoms. The van der Waals surface area contributed by atoms with Crippen molar-refractivity contribution in [3.63, 3.8) is 0 Å². The van der Waals surface area contributed by atoms with Gasteiger partial charge in [-0.25, -0.2) is 4.98 Å². The van der Waals surface area contributed by atoms with Crippen LogP contribution in [0.15, 0.2) is 12.4 Å². The van der Waals surface area contributed by atoms with Crippen molar-refractivity contribution in [1.82, 2.24) is 9.97 Å². The monoisotopic (exact) mass is 250 g/mol. The van der Waals surface area contributed by atoms with E-state index in [2.05, 4.69) is 32.6 Å². The summed E-state index contributed by atoms with van der Waals surface area (Å²) in [5.41, 5.74) is 0. The lowest BCUT2D eigenvalue weighted by atomic mass is 10.7. The average Bonchev–Trinajstić information content (AvgIpc) is 1.88. The summed E-state index contributed by atoms with van der Waals surface area (Å²) in [7, 11) is 0. The maximum atomic E-state index is 5.11. The molecule has 0 fully saturated rings. The van der Waals surface area contributed by atoms with Gasteiger partial charge in [-0.15, -0.1) is 0 Å². The van der Waals surface area contributed by atoms with Crippen molar-refractivity contribution in [2.75, 3.05) is 6.61 Å². The Morgan fingerprint density at radius 1 is 1.60 bits per heavy atom. The lowest BCUT2D eigenvalue weighted by molar-refractivity contribution is 0.324. The van der Waals surface area contributed by atoms with Gasteiger partial charge in [-0.1, -0.05) is 0 Å². The van der Waals surface area contributed by atoms with Gasteiger partial charge in [0.2, 0.25) is 5.88 Å². The van der Waals surface area contributed by atoms with Crippen LogP contribution in [0.25, 0.3) is 0 Å². The standard InChI is InChI=1S/C6H7IN2O/c1-2-10-6-4-8-3-5(7)9-6/h3-4H,2H2,1H3. The van der Waals surface area contributed by atoms with Crippen molar-refractivity contribution in [1.29, 1.82) is 0 Å². The molecule has 54 valence electrons. The summed E-state index contributed by atoms with van der Waals surface area (Å²) in [6.45, 7) is 2.55. The molecule has 0 unspecified atom stereocenters. The van der Waals surface area contributed by atoms with Crippen molar-refractivity contribution in [3.05, 3.63) is 16.1 Å². The van der Waals surface area contributed by atoms with E-state index in [0.29, 0.717) is 12.5 Å². The van der Waals surface area contributed by atoms with Crippen LogP contribution in [0.1, 0.15) is 6.92 Å². The zero-order chi connectivity index (χ0) is 7.40. The van der Waals surface area contributed by atoms with Gasteiger partial charge in [0.1, 0.15) is 3.70 Å². The Balaban J connectivity index is 2.75. The Morgan fingerprint density at radius 3 is 3.00 bits per heavy atom. The lowest BCUT2D eigenvalue weighted by Gasteiger charge is -1.98. The predicted molar refractivity (Wildman–Crippen MR) is 45.9 cm³/mol. The van der Waals surface area contributed by atoms with Gasteiger partial charge in [0, 0.05) is 0 Å². The summed E-state index contributed by atoms with van der Waals surface area (Å²) in [5.74, 6) is 0.592. The minimum absolute atomic E-state index is 0.592. The molecule has 0 spiro atoms. The van der Waals surface area contributed by atoms with Crippen LogP contribution >= 0.6 is 22.6 Å². The minimum Gasteiger partial charge on any atom is -0.477 e. The Bertz CT molecular complexity index is 217. The summed E-state index contributed by atoms with van der Waals surface area (Å²) in [6, 6.07) is 0. The van der Waals surface area contributed by atoms with E-state index in [1.165, 1.54) is 0 Å². The maximum Gasteiger partial charge on any atom is 0.233 e. The quantitative estimate of drug-likeness (QED) is 0.745. The van der Waals surface area contributed by atoms with Gasteiger partial charge in [0.15, 0.2) is 0 Å². The van der Waals surface area contributed by atoms with Crippen molar-refractivity contribution in [2.45, 2.75) is 6.92 Å². The molecule has 0 aliphatic heterocycles. The third kappa shape index (κ3) is 2.09. The van der Waals surface area contributed by atoms with Gasteiger partial charge in [-0.3, -0.25) is 4.98 Å². The fourth-order valence-corrected chi connectivity index (χ4v) is 0.942. The Kier molecular flexibility index (Phi) is 2.85. The molecule has 1 heterocycles. The second-order valence-electron chi connectivity index (χ2n) is 1.61. The van der Waals surface area contributed by atoms with E-state index in [1.807, 2.05) is 6.92 Å². The largest absolute Gasteiger partial charge is 0.477 e. The highest BCUT2D eigenvalue weighted by molar-refractivity contribution is 14.1.